The zero-order chi connectivity index (χ0) is 20.1. The molecule has 0 saturated heterocycles. The molecule has 0 radical (unpaired) electrons. The summed E-state index contributed by atoms with van der Waals surface area (Å²) in [4.78, 5) is 20.5. The summed E-state index contributed by atoms with van der Waals surface area (Å²) in [7, 11) is 1.81. The van der Waals surface area contributed by atoms with Crippen LogP contribution in [0.2, 0.25) is 10.3 Å². The number of hydrogen-bond acceptors (Lipinski definition) is 5. The van der Waals surface area contributed by atoms with Crippen LogP contribution >= 0.6 is 23.2 Å². The van der Waals surface area contributed by atoms with Gasteiger partial charge in [-0.2, -0.15) is 0 Å². The van der Waals surface area contributed by atoms with Gasteiger partial charge >= 0.3 is 6.03 Å². The fourth-order valence-electron chi connectivity index (χ4n) is 2.58. The Morgan fingerprint density at radius 1 is 1.19 bits per heavy atom. The van der Waals surface area contributed by atoms with Crippen LogP contribution in [0.15, 0.2) is 18.2 Å². The molecule has 0 aliphatic carbocycles. The predicted octanol–water partition coefficient (Wildman–Crippen LogP) is 4.66. The number of rotatable bonds is 6. The third kappa shape index (κ3) is 5.55. The molecule has 4 N–H and O–H groups in total. The molecule has 0 unspecified atom stereocenters. The molecule has 2 amide bonds. The molecule has 2 aromatic heterocycles. The number of nitrogens with zero attached hydrogens (tertiary/aromatic N) is 2. The van der Waals surface area contributed by atoms with Crippen LogP contribution in [0.1, 0.15) is 43.6 Å². The van der Waals surface area contributed by atoms with E-state index in [2.05, 4.69) is 39.8 Å². The summed E-state index contributed by atoms with van der Waals surface area (Å²) in [6.07, 6.45) is 0. The van der Waals surface area contributed by atoms with Crippen molar-refractivity contribution in [1.29, 1.82) is 5.41 Å². The van der Waals surface area contributed by atoms with Crippen molar-refractivity contribution in [2.75, 3.05) is 17.7 Å². The largest absolute Gasteiger partial charge is 0.386 e. The molecular weight excluding hydrogens is 387 g/mol. The van der Waals surface area contributed by atoms with Crippen molar-refractivity contribution in [2.45, 2.75) is 33.2 Å². The van der Waals surface area contributed by atoms with Crippen LogP contribution in [-0.4, -0.2) is 28.8 Å². The summed E-state index contributed by atoms with van der Waals surface area (Å²) in [5.41, 5.74) is 3.92. The number of aromatic nitrogens is 2. The predicted molar refractivity (Wildman–Crippen MR) is 110 cm³/mol. The van der Waals surface area contributed by atoms with E-state index in [1.54, 1.807) is 6.92 Å². The highest BCUT2D eigenvalue weighted by atomic mass is 35.5. The maximum absolute atomic E-state index is 12.2. The monoisotopic (exact) mass is 408 g/mol. The van der Waals surface area contributed by atoms with Gasteiger partial charge in [-0.1, -0.05) is 37.0 Å². The number of urea groups is 1. The Kier molecular flexibility index (Phi) is 6.98. The lowest BCUT2D eigenvalue weighted by molar-refractivity contribution is 0.251. The zero-order valence-corrected chi connectivity index (χ0v) is 17.1. The highest BCUT2D eigenvalue weighted by molar-refractivity contribution is 6.32. The summed E-state index contributed by atoms with van der Waals surface area (Å²) in [5, 5.41) is 16.9. The Bertz CT molecular complexity index is 849. The van der Waals surface area contributed by atoms with Crippen LogP contribution in [-0.2, 0) is 6.54 Å². The van der Waals surface area contributed by atoms with Gasteiger partial charge in [0.1, 0.15) is 16.0 Å². The fraction of sp³-hybridized carbons (Fsp3) is 0.333. The first-order chi connectivity index (χ1) is 12.7. The van der Waals surface area contributed by atoms with Gasteiger partial charge in [0.2, 0.25) is 0 Å². The van der Waals surface area contributed by atoms with E-state index >= 15 is 0 Å². The number of pyridine rings is 2. The SMILES string of the molecule is CNc1c(C(C)C)cc(CNC(=O)Nc2cc(Cl)nc(Cl)c2)nc1C(C)=N. The molecule has 0 spiro atoms. The average molecular weight is 409 g/mol. The minimum absolute atomic E-state index is 0.190. The first-order valence-electron chi connectivity index (χ1n) is 8.36. The Morgan fingerprint density at radius 3 is 2.33 bits per heavy atom. The topological polar surface area (TPSA) is 103 Å². The first-order valence-corrected chi connectivity index (χ1v) is 9.11. The van der Waals surface area contributed by atoms with E-state index in [-0.39, 0.29) is 22.8 Å². The van der Waals surface area contributed by atoms with Gasteiger partial charge in [0, 0.05) is 12.7 Å². The quantitative estimate of drug-likeness (QED) is 0.412. The molecule has 0 aromatic carbocycles. The molecule has 0 bridgehead atoms. The number of carbonyl (C=O) groups excluding carboxylic acids is 1. The van der Waals surface area contributed by atoms with Gasteiger partial charge in [0.25, 0.3) is 0 Å². The molecule has 144 valence electrons. The van der Waals surface area contributed by atoms with Crippen molar-refractivity contribution in [1.82, 2.24) is 15.3 Å². The second kappa shape index (κ2) is 9.01. The van der Waals surface area contributed by atoms with Gasteiger partial charge in [0.05, 0.1) is 23.6 Å². The van der Waals surface area contributed by atoms with Gasteiger partial charge in [0.15, 0.2) is 0 Å². The number of amides is 2. The summed E-state index contributed by atoms with van der Waals surface area (Å²) in [6, 6.07) is 4.51. The van der Waals surface area contributed by atoms with Gasteiger partial charge < -0.3 is 21.4 Å². The minimum Gasteiger partial charge on any atom is -0.386 e. The maximum Gasteiger partial charge on any atom is 0.319 e. The number of halogens is 2. The van der Waals surface area contributed by atoms with Crippen molar-refractivity contribution in [3.8, 4) is 0 Å². The molecule has 9 heteroatoms. The lowest BCUT2D eigenvalue weighted by atomic mass is 9.98. The third-order valence-electron chi connectivity index (χ3n) is 3.78. The smallest absolute Gasteiger partial charge is 0.319 e. The van der Waals surface area contributed by atoms with E-state index in [1.807, 2.05) is 13.1 Å². The van der Waals surface area contributed by atoms with Crippen molar-refractivity contribution >= 4 is 46.3 Å². The molecule has 2 aromatic rings. The fourth-order valence-corrected chi connectivity index (χ4v) is 3.04. The lowest BCUT2D eigenvalue weighted by Gasteiger charge is -2.18. The third-order valence-corrected chi connectivity index (χ3v) is 4.17. The van der Waals surface area contributed by atoms with Crippen LogP contribution in [0.3, 0.4) is 0 Å². The minimum atomic E-state index is -0.424. The van der Waals surface area contributed by atoms with E-state index in [9.17, 15) is 4.79 Å². The normalized spacial score (nSPS) is 10.6. The molecule has 2 rings (SSSR count). The molecule has 27 heavy (non-hydrogen) atoms. The van der Waals surface area contributed by atoms with Crippen molar-refractivity contribution < 1.29 is 4.79 Å². The Balaban J connectivity index is 2.17. The van der Waals surface area contributed by atoms with Crippen LogP contribution in [0, 0.1) is 5.41 Å². The molecule has 0 saturated carbocycles. The molecule has 0 aliphatic rings. The molecular formula is C18H22Cl2N6O. The van der Waals surface area contributed by atoms with Gasteiger partial charge in [-0.05, 0) is 36.6 Å². The Labute approximate surface area is 168 Å². The zero-order valence-electron chi connectivity index (χ0n) is 15.6. The van der Waals surface area contributed by atoms with E-state index in [1.165, 1.54) is 12.1 Å². The molecule has 0 atom stereocenters. The average Bonchev–Trinajstić information content (AvgIpc) is 2.57. The number of nitrogens with one attached hydrogen (secondary N) is 4. The Morgan fingerprint density at radius 2 is 1.81 bits per heavy atom. The van der Waals surface area contributed by atoms with Gasteiger partial charge in [-0.15, -0.1) is 0 Å². The van der Waals surface area contributed by atoms with Crippen LogP contribution in [0.4, 0.5) is 16.2 Å². The molecule has 7 nitrogen and oxygen atoms in total. The highest BCUT2D eigenvalue weighted by Crippen LogP contribution is 2.28. The van der Waals surface area contributed by atoms with E-state index in [0.29, 0.717) is 22.8 Å². The maximum atomic E-state index is 12.2. The second-order valence-electron chi connectivity index (χ2n) is 6.27. The summed E-state index contributed by atoms with van der Waals surface area (Å²) < 4.78 is 0. The highest BCUT2D eigenvalue weighted by Gasteiger charge is 2.16. The summed E-state index contributed by atoms with van der Waals surface area (Å²) in [6.45, 7) is 6.04. The number of anilines is 2. The van der Waals surface area contributed by atoms with Crippen molar-refractivity contribution in [3.05, 3.63) is 45.5 Å². The van der Waals surface area contributed by atoms with Crippen LogP contribution in [0.25, 0.3) is 0 Å². The van der Waals surface area contributed by atoms with E-state index in [0.717, 1.165) is 11.3 Å². The van der Waals surface area contributed by atoms with Crippen molar-refractivity contribution in [2.24, 2.45) is 0 Å². The van der Waals surface area contributed by atoms with Gasteiger partial charge in [-0.25, -0.2) is 14.8 Å². The van der Waals surface area contributed by atoms with E-state index in [4.69, 9.17) is 28.6 Å². The number of hydrogen-bond donors (Lipinski definition) is 4. The van der Waals surface area contributed by atoms with Crippen LogP contribution < -0.4 is 16.0 Å². The number of carbonyl (C=O) groups is 1. The molecule has 2 heterocycles. The summed E-state index contributed by atoms with van der Waals surface area (Å²) in [5.74, 6) is 0.238. The van der Waals surface area contributed by atoms with E-state index < -0.39 is 6.03 Å². The molecule has 0 fully saturated rings. The molecule has 0 aliphatic heterocycles. The van der Waals surface area contributed by atoms with Crippen LogP contribution in [0.5, 0.6) is 0 Å². The summed E-state index contributed by atoms with van der Waals surface area (Å²) >= 11 is 11.7. The van der Waals surface area contributed by atoms with Gasteiger partial charge in [-0.3, -0.25) is 0 Å². The van der Waals surface area contributed by atoms with Crippen molar-refractivity contribution in [3.63, 3.8) is 0 Å². The Hall–Kier alpha value is -2.38. The second-order valence-corrected chi connectivity index (χ2v) is 7.04. The lowest BCUT2D eigenvalue weighted by Crippen LogP contribution is -2.29. The first kappa shape index (κ1) is 20.9. The standard InChI is InChI=1S/C18H22Cl2N6O/c1-9(2)13-5-12(24-16(10(3)21)17(13)22-4)8-23-18(27)25-11-6-14(19)26-15(20)7-11/h5-7,9,21-22H,8H2,1-4H3,(H2,23,25,26,27).